The highest BCUT2D eigenvalue weighted by molar-refractivity contribution is 6.28. The van der Waals surface area contributed by atoms with E-state index in [1.807, 2.05) is 27.7 Å². The van der Waals surface area contributed by atoms with Crippen LogP contribution in [0.15, 0.2) is 6.20 Å². The topological polar surface area (TPSA) is 72.4 Å². The van der Waals surface area contributed by atoms with Crippen molar-refractivity contribution in [2.75, 3.05) is 6.54 Å². The minimum absolute atomic E-state index is 0.0962. The third kappa shape index (κ3) is 3.94. The molecule has 0 radical (unpaired) electrons. The number of aryl methyl sites for hydroxylation is 1. The van der Waals surface area contributed by atoms with Crippen molar-refractivity contribution in [3.8, 4) is 0 Å². The first-order valence-electron chi connectivity index (χ1n) is 7.18. The Balaban J connectivity index is 2.33. The number of carbonyl (C=O) groups excluding carboxylic acids is 2. The van der Waals surface area contributed by atoms with Gasteiger partial charge in [-0.3, -0.25) is 9.69 Å². The second-order valence-corrected chi connectivity index (χ2v) is 6.73. The molecule has 120 valence electrons. The zero-order valence-electron chi connectivity index (χ0n) is 13.2. The maximum absolute atomic E-state index is 12.4. The molecule has 0 aromatic carbocycles. The normalized spacial score (nSPS) is 19.2. The fourth-order valence-corrected chi connectivity index (χ4v) is 2.52. The predicted octanol–water partition coefficient (Wildman–Crippen LogP) is 3.08. The van der Waals surface area contributed by atoms with Gasteiger partial charge in [-0.25, -0.2) is 14.8 Å². The number of aromatic nitrogens is 2. The van der Waals surface area contributed by atoms with Crippen molar-refractivity contribution in [1.29, 1.82) is 0 Å². The molecule has 0 saturated carbocycles. The summed E-state index contributed by atoms with van der Waals surface area (Å²) in [6.45, 7) is 7.57. The number of amides is 1. The van der Waals surface area contributed by atoms with Gasteiger partial charge < -0.3 is 4.74 Å². The molecule has 1 fully saturated rings. The highest BCUT2D eigenvalue weighted by Crippen LogP contribution is 2.31. The molecule has 0 N–H and O–H groups in total. The van der Waals surface area contributed by atoms with E-state index in [0.29, 0.717) is 18.7 Å². The number of likely N-dealkylation sites (tertiary alicyclic amines) is 1. The highest BCUT2D eigenvalue weighted by Gasteiger charge is 2.36. The molecular formula is C15H20ClN3O3. The Morgan fingerprint density at radius 2 is 2.14 bits per heavy atom. The summed E-state index contributed by atoms with van der Waals surface area (Å²) >= 11 is 5.86. The van der Waals surface area contributed by atoms with Gasteiger partial charge in [0, 0.05) is 25.6 Å². The van der Waals surface area contributed by atoms with E-state index in [4.69, 9.17) is 16.3 Å². The van der Waals surface area contributed by atoms with Crippen LogP contribution in [-0.4, -0.2) is 38.9 Å². The van der Waals surface area contributed by atoms with Crippen LogP contribution in [0.1, 0.15) is 50.9 Å². The van der Waals surface area contributed by atoms with Crippen molar-refractivity contribution in [3.63, 3.8) is 0 Å². The fourth-order valence-electron chi connectivity index (χ4n) is 2.38. The summed E-state index contributed by atoms with van der Waals surface area (Å²) in [5, 5.41) is 0.0998. The number of rotatable bonds is 1. The van der Waals surface area contributed by atoms with Gasteiger partial charge in [-0.15, -0.1) is 0 Å². The second kappa shape index (κ2) is 6.20. The number of ether oxygens (including phenoxy) is 1. The van der Waals surface area contributed by atoms with Gasteiger partial charge in [0.1, 0.15) is 11.4 Å². The molecule has 1 aromatic rings. The molecule has 1 unspecified atom stereocenters. The van der Waals surface area contributed by atoms with Crippen LogP contribution in [0.5, 0.6) is 0 Å². The third-order valence-corrected chi connectivity index (χ3v) is 3.54. The van der Waals surface area contributed by atoms with E-state index in [0.717, 1.165) is 5.56 Å². The smallest absolute Gasteiger partial charge is 0.410 e. The van der Waals surface area contributed by atoms with Gasteiger partial charge in [0.25, 0.3) is 0 Å². The van der Waals surface area contributed by atoms with Crippen molar-refractivity contribution >= 4 is 23.5 Å². The van der Waals surface area contributed by atoms with E-state index in [-0.39, 0.29) is 17.5 Å². The van der Waals surface area contributed by atoms with Crippen LogP contribution in [0, 0.1) is 6.92 Å². The zero-order valence-corrected chi connectivity index (χ0v) is 14.0. The molecular weight excluding hydrogens is 306 g/mol. The fraction of sp³-hybridized carbons (Fsp3) is 0.600. The number of halogens is 1. The van der Waals surface area contributed by atoms with Gasteiger partial charge in [0.2, 0.25) is 5.28 Å². The Kier molecular flexibility index (Phi) is 4.70. The Labute approximate surface area is 134 Å². The largest absolute Gasteiger partial charge is 0.444 e. The molecule has 7 heteroatoms. The lowest BCUT2D eigenvalue weighted by Crippen LogP contribution is -2.44. The lowest BCUT2D eigenvalue weighted by Gasteiger charge is -2.36. The predicted molar refractivity (Wildman–Crippen MR) is 81.7 cm³/mol. The van der Waals surface area contributed by atoms with Crippen LogP contribution >= 0.6 is 11.6 Å². The Bertz CT molecular complexity index is 598. The second-order valence-electron chi connectivity index (χ2n) is 6.39. The first kappa shape index (κ1) is 16.7. The first-order chi connectivity index (χ1) is 10.2. The third-order valence-electron chi connectivity index (χ3n) is 3.35. The van der Waals surface area contributed by atoms with Gasteiger partial charge in [-0.2, -0.15) is 0 Å². The van der Waals surface area contributed by atoms with Crippen LogP contribution in [0.25, 0.3) is 0 Å². The number of carbonyl (C=O) groups is 2. The number of piperidine rings is 1. The molecule has 22 heavy (non-hydrogen) atoms. The maximum Gasteiger partial charge on any atom is 0.410 e. The van der Waals surface area contributed by atoms with Gasteiger partial charge in [-0.1, -0.05) is 0 Å². The molecule has 1 saturated heterocycles. The molecule has 2 rings (SSSR count). The number of hydrogen-bond donors (Lipinski definition) is 0. The van der Waals surface area contributed by atoms with Crippen LogP contribution in [-0.2, 0) is 9.53 Å². The molecule has 0 aliphatic carbocycles. The molecule has 0 bridgehead atoms. The zero-order chi connectivity index (χ0) is 16.5. The summed E-state index contributed by atoms with van der Waals surface area (Å²) in [5.41, 5.74) is 0.790. The molecule has 1 aliphatic heterocycles. The average molecular weight is 326 g/mol. The quantitative estimate of drug-likeness (QED) is 0.742. The van der Waals surface area contributed by atoms with Gasteiger partial charge in [0.15, 0.2) is 0 Å². The van der Waals surface area contributed by atoms with Gasteiger partial charge in [0.05, 0.1) is 11.7 Å². The van der Waals surface area contributed by atoms with E-state index >= 15 is 0 Å². The summed E-state index contributed by atoms with van der Waals surface area (Å²) in [4.78, 5) is 33.9. The van der Waals surface area contributed by atoms with Crippen molar-refractivity contribution in [2.24, 2.45) is 0 Å². The van der Waals surface area contributed by atoms with Crippen molar-refractivity contribution in [2.45, 2.75) is 52.2 Å². The minimum atomic E-state index is -0.596. The summed E-state index contributed by atoms with van der Waals surface area (Å²) in [6, 6.07) is -0.461. The maximum atomic E-state index is 12.4. The number of nitrogens with zero attached hydrogens (tertiary/aromatic N) is 3. The van der Waals surface area contributed by atoms with Crippen LogP contribution < -0.4 is 0 Å². The van der Waals surface area contributed by atoms with Gasteiger partial charge in [-0.05, 0) is 44.9 Å². The molecule has 6 nitrogen and oxygen atoms in total. The minimum Gasteiger partial charge on any atom is -0.444 e. The number of Topliss-reactive ketones (excluding diaryl/α,β-unsaturated/α-hetero) is 1. The van der Waals surface area contributed by atoms with E-state index < -0.39 is 17.7 Å². The molecule has 1 amide bonds. The van der Waals surface area contributed by atoms with Gasteiger partial charge >= 0.3 is 6.09 Å². The Morgan fingerprint density at radius 3 is 2.77 bits per heavy atom. The molecule has 1 aromatic heterocycles. The molecule has 2 heterocycles. The molecule has 0 spiro atoms. The number of ketones is 1. The van der Waals surface area contributed by atoms with E-state index in [1.54, 1.807) is 11.1 Å². The van der Waals surface area contributed by atoms with Crippen LogP contribution in [0.4, 0.5) is 4.79 Å². The standard InChI is InChI=1S/C15H20ClN3O3/c1-9-8-17-13(16)18-12(9)11-7-10(20)5-6-19(11)14(21)22-15(2,3)4/h8,11H,5-7H2,1-4H3. The Morgan fingerprint density at radius 1 is 1.45 bits per heavy atom. The van der Waals surface area contributed by atoms with Crippen molar-refractivity contribution < 1.29 is 14.3 Å². The highest BCUT2D eigenvalue weighted by atomic mass is 35.5. The summed E-state index contributed by atoms with van der Waals surface area (Å²) in [7, 11) is 0. The van der Waals surface area contributed by atoms with Crippen molar-refractivity contribution in [1.82, 2.24) is 14.9 Å². The SMILES string of the molecule is Cc1cnc(Cl)nc1C1CC(=O)CCN1C(=O)OC(C)(C)C. The number of hydrogen-bond acceptors (Lipinski definition) is 5. The van der Waals surface area contributed by atoms with E-state index in [2.05, 4.69) is 9.97 Å². The van der Waals surface area contributed by atoms with Crippen LogP contribution in [0.3, 0.4) is 0 Å². The molecule has 1 atom stereocenters. The lowest BCUT2D eigenvalue weighted by molar-refractivity contribution is -0.123. The summed E-state index contributed by atoms with van der Waals surface area (Å²) < 4.78 is 5.43. The van der Waals surface area contributed by atoms with Crippen LogP contribution in [0.2, 0.25) is 5.28 Å². The monoisotopic (exact) mass is 325 g/mol. The first-order valence-corrected chi connectivity index (χ1v) is 7.55. The summed E-state index contributed by atoms with van der Waals surface area (Å²) in [6.07, 6.45) is 1.69. The Hall–Kier alpha value is -1.69. The average Bonchev–Trinajstić information content (AvgIpc) is 2.39. The van der Waals surface area contributed by atoms with Crippen molar-refractivity contribution in [3.05, 3.63) is 22.7 Å². The lowest BCUT2D eigenvalue weighted by atomic mass is 9.96. The van der Waals surface area contributed by atoms with E-state index in [1.165, 1.54) is 0 Å². The summed E-state index contributed by atoms with van der Waals surface area (Å²) in [5.74, 6) is 0.0962. The van der Waals surface area contributed by atoms with E-state index in [9.17, 15) is 9.59 Å². The molecule has 1 aliphatic rings.